The minimum Gasteiger partial charge on any atom is -0.493 e. The van der Waals surface area contributed by atoms with Crippen LogP contribution in [-0.4, -0.2) is 38.3 Å². The number of nitrogens with one attached hydrogen (secondary N) is 1. The summed E-state index contributed by atoms with van der Waals surface area (Å²) >= 11 is 0. The van der Waals surface area contributed by atoms with Crippen LogP contribution in [-0.2, 0) is 11.3 Å². The first kappa shape index (κ1) is 21.2. The SMILES string of the molecule is COc1cc(C=CC(=O)NCCn2c(C)cc3cc(F)ccc32)cc(OC)c1OC. The Labute approximate surface area is 174 Å². The lowest BCUT2D eigenvalue weighted by Crippen LogP contribution is -2.25. The topological polar surface area (TPSA) is 61.7 Å². The number of hydrogen-bond donors (Lipinski definition) is 1. The zero-order valence-electron chi connectivity index (χ0n) is 17.5. The van der Waals surface area contributed by atoms with Crippen molar-refractivity contribution in [2.24, 2.45) is 0 Å². The van der Waals surface area contributed by atoms with E-state index in [9.17, 15) is 9.18 Å². The van der Waals surface area contributed by atoms with Gasteiger partial charge in [-0.1, -0.05) is 0 Å². The Hall–Kier alpha value is -3.48. The van der Waals surface area contributed by atoms with E-state index in [4.69, 9.17) is 14.2 Å². The maximum atomic E-state index is 13.4. The van der Waals surface area contributed by atoms with E-state index in [1.165, 1.54) is 25.3 Å². The molecule has 0 atom stereocenters. The fraction of sp³-hybridized carbons (Fsp3) is 0.261. The number of aryl methyl sites for hydroxylation is 1. The summed E-state index contributed by atoms with van der Waals surface area (Å²) in [5.41, 5.74) is 2.70. The number of ether oxygens (including phenoxy) is 3. The van der Waals surface area contributed by atoms with Gasteiger partial charge < -0.3 is 24.1 Å². The molecule has 158 valence electrons. The highest BCUT2D eigenvalue weighted by Crippen LogP contribution is 2.38. The summed E-state index contributed by atoms with van der Waals surface area (Å²) in [6.45, 7) is 3.00. The molecule has 7 heteroatoms. The van der Waals surface area contributed by atoms with E-state index in [1.54, 1.807) is 38.5 Å². The van der Waals surface area contributed by atoms with Gasteiger partial charge in [-0.15, -0.1) is 0 Å². The van der Waals surface area contributed by atoms with Crippen molar-refractivity contribution in [3.8, 4) is 17.2 Å². The minimum absolute atomic E-state index is 0.219. The van der Waals surface area contributed by atoms with Gasteiger partial charge in [0.25, 0.3) is 0 Å². The van der Waals surface area contributed by atoms with Gasteiger partial charge in [0, 0.05) is 35.8 Å². The molecule has 1 amide bonds. The molecule has 1 aromatic heterocycles. The van der Waals surface area contributed by atoms with Gasteiger partial charge in [-0.3, -0.25) is 4.79 Å². The zero-order valence-corrected chi connectivity index (χ0v) is 17.5. The molecule has 0 unspecified atom stereocenters. The smallest absolute Gasteiger partial charge is 0.244 e. The number of amides is 1. The number of halogens is 1. The molecule has 0 aliphatic carbocycles. The monoisotopic (exact) mass is 412 g/mol. The summed E-state index contributed by atoms with van der Waals surface area (Å²) in [6, 6.07) is 10.2. The molecule has 3 rings (SSSR count). The summed E-state index contributed by atoms with van der Waals surface area (Å²) in [7, 11) is 4.62. The highest BCUT2D eigenvalue weighted by Gasteiger charge is 2.12. The molecule has 0 radical (unpaired) electrons. The predicted molar refractivity (Wildman–Crippen MR) is 115 cm³/mol. The Balaban J connectivity index is 1.64. The summed E-state index contributed by atoms with van der Waals surface area (Å²) < 4.78 is 31.4. The summed E-state index contributed by atoms with van der Waals surface area (Å²) in [4.78, 5) is 12.2. The quantitative estimate of drug-likeness (QED) is 0.569. The second kappa shape index (κ2) is 9.35. The third kappa shape index (κ3) is 4.56. The van der Waals surface area contributed by atoms with Gasteiger partial charge in [-0.2, -0.15) is 0 Å². The first-order valence-corrected chi connectivity index (χ1v) is 9.48. The predicted octanol–water partition coefficient (Wildman–Crippen LogP) is 3.94. The Kier molecular flexibility index (Phi) is 6.61. The largest absolute Gasteiger partial charge is 0.493 e. The number of aromatic nitrogens is 1. The third-order valence-electron chi connectivity index (χ3n) is 4.82. The van der Waals surface area contributed by atoms with Crippen molar-refractivity contribution >= 4 is 22.9 Å². The van der Waals surface area contributed by atoms with Crippen LogP contribution in [0.1, 0.15) is 11.3 Å². The van der Waals surface area contributed by atoms with Crippen LogP contribution in [0.5, 0.6) is 17.2 Å². The van der Waals surface area contributed by atoms with E-state index in [2.05, 4.69) is 9.88 Å². The second-order valence-corrected chi connectivity index (χ2v) is 6.72. The summed E-state index contributed by atoms with van der Waals surface area (Å²) in [5, 5.41) is 3.71. The number of rotatable bonds is 8. The number of carbonyl (C=O) groups excluding carboxylic acids is 1. The maximum absolute atomic E-state index is 13.4. The van der Waals surface area contributed by atoms with Crippen LogP contribution in [0, 0.1) is 12.7 Å². The van der Waals surface area contributed by atoms with Gasteiger partial charge in [0.15, 0.2) is 11.5 Å². The molecular weight excluding hydrogens is 387 g/mol. The molecule has 1 heterocycles. The van der Waals surface area contributed by atoms with Gasteiger partial charge in [-0.05, 0) is 55.0 Å². The Morgan fingerprint density at radius 2 is 1.77 bits per heavy atom. The number of benzene rings is 2. The number of nitrogens with zero attached hydrogens (tertiary/aromatic N) is 1. The standard InChI is InChI=1S/C23H25FN2O4/c1-15-11-17-14-18(24)6-7-19(17)26(15)10-9-25-22(27)8-5-16-12-20(28-2)23(30-4)21(13-16)29-3/h5-8,11-14H,9-10H2,1-4H3,(H,25,27). The molecular formula is C23H25FN2O4. The van der Waals surface area contributed by atoms with E-state index in [1.807, 2.05) is 13.0 Å². The van der Waals surface area contributed by atoms with Crippen LogP contribution in [0.15, 0.2) is 42.5 Å². The molecule has 0 aliphatic rings. The number of hydrogen-bond acceptors (Lipinski definition) is 4. The molecule has 6 nitrogen and oxygen atoms in total. The van der Waals surface area contributed by atoms with Crippen molar-refractivity contribution in [1.82, 2.24) is 9.88 Å². The normalized spacial score (nSPS) is 11.1. The molecule has 1 N–H and O–H groups in total. The van der Waals surface area contributed by atoms with E-state index >= 15 is 0 Å². The molecule has 3 aromatic rings. The average Bonchev–Trinajstić information content (AvgIpc) is 3.05. The van der Waals surface area contributed by atoms with Crippen molar-refractivity contribution in [3.05, 3.63) is 59.5 Å². The summed E-state index contributed by atoms with van der Waals surface area (Å²) in [5.74, 6) is 1.05. The molecule has 0 saturated heterocycles. The lowest BCUT2D eigenvalue weighted by Gasteiger charge is -2.12. The fourth-order valence-corrected chi connectivity index (χ4v) is 3.40. The van der Waals surface area contributed by atoms with Crippen molar-refractivity contribution < 1.29 is 23.4 Å². The minimum atomic E-state index is -0.259. The zero-order chi connectivity index (χ0) is 21.7. The summed E-state index contributed by atoms with van der Waals surface area (Å²) in [6.07, 6.45) is 3.13. The van der Waals surface area contributed by atoms with E-state index in [-0.39, 0.29) is 11.7 Å². The van der Waals surface area contributed by atoms with Gasteiger partial charge in [0.1, 0.15) is 5.82 Å². The van der Waals surface area contributed by atoms with E-state index < -0.39 is 0 Å². The van der Waals surface area contributed by atoms with Crippen LogP contribution < -0.4 is 19.5 Å². The molecule has 30 heavy (non-hydrogen) atoms. The van der Waals surface area contributed by atoms with Crippen molar-refractivity contribution in [2.45, 2.75) is 13.5 Å². The van der Waals surface area contributed by atoms with Crippen molar-refractivity contribution in [3.63, 3.8) is 0 Å². The Morgan fingerprint density at radius 1 is 1.07 bits per heavy atom. The number of methoxy groups -OCH3 is 3. The maximum Gasteiger partial charge on any atom is 0.244 e. The van der Waals surface area contributed by atoms with Crippen molar-refractivity contribution in [1.29, 1.82) is 0 Å². The Morgan fingerprint density at radius 3 is 2.40 bits per heavy atom. The van der Waals surface area contributed by atoms with Crippen LogP contribution in [0.4, 0.5) is 4.39 Å². The average molecular weight is 412 g/mol. The third-order valence-corrected chi connectivity index (χ3v) is 4.82. The van der Waals surface area contributed by atoms with Crippen LogP contribution in [0.25, 0.3) is 17.0 Å². The molecule has 2 aromatic carbocycles. The molecule has 0 fully saturated rings. The first-order chi connectivity index (χ1) is 14.5. The van der Waals surface area contributed by atoms with Crippen LogP contribution in [0.2, 0.25) is 0 Å². The highest BCUT2D eigenvalue weighted by molar-refractivity contribution is 5.92. The molecule has 0 bridgehead atoms. The van der Waals surface area contributed by atoms with E-state index in [0.29, 0.717) is 30.3 Å². The Bertz CT molecular complexity index is 1060. The number of fused-ring (bicyclic) bond motifs is 1. The van der Waals surface area contributed by atoms with Gasteiger partial charge in [-0.25, -0.2) is 4.39 Å². The van der Waals surface area contributed by atoms with Gasteiger partial charge in [0.05, 0.1) is 21.3 Å². The molecule has 0 saturated carbocycles. The van der Waals surface area contributed by atoms with Crippen molar-refractivity contribution in [2.75, 3.05) is 27.9 Å². The fourth-order valence-electron chi connectivity index (χ4n) is 3.40. The van der Waals surface area contributed by atoms with Gasteiger partial charge >= 0.3 is 0 Å². The number of carbonyl (C=O) groups is 1. The van der Waals surface area contributed by atoms with Crippen LogP contribution in [0.3, 0.4) is 0 Å². The van der Waals surface area contributed by atoms with Crippen LogP contribution >= 0.6 is 0 Å². The van der Waals surface area contributed by atoms with E-state index in [0.717, 1.165) is 22.2 Å². The lowest BCUT2D eigenvalue weighted by atomic mass is 10.1. The molecule has 0 aliphatic heterocycles. The lowest BCUT2D eigenvalue weighted by molar-refractivity contribution is -0.116. The molecule has 0 spiro atoms. The highest BCUT2D eigenvalue weighted by atomic mass is 19.1. The second-order valence-electron chi connectivity index (χ2n) is 6.72. The van der Waals surface area contributed by atoms with Gasteiger partial charge in [0.2, 0.25) is 11.7 Å². The first-order valence-electron chi connectivity index (χ1n) is 9.48.